The number of carbonyl (C=O) groups excluding carboxylic acids is 3. The third kappa shape index (κ3) is 6.92. The van der Waals surface area contributed by atoms with Gasteiger partial charge in [0.25, 0.3) is 5.91 Å². The molecule has 0 bridgehead atoms. The van der Waals surface area contributed by atoms with Crippen LogP contribution < -0.4 is 20.1 Å². The van der Waals surface area contributed by atoms with E-state index >= 15 is 0 Å². The van der Waals surface area contributed by atoms with Crippen LogP contribution in [0.3, 0.4) is 0 Å². The van der Waals surface area contributed by atoms with Gasteiger partial charge in [-0.2, -0.15) is 0 Å². The van der Waals surface area contributed by atoms with E-state index in [2.05, 4.69) is 10.6 Å². The first-order valence-corrected chi connectivity index (χ1v) is 9.58. The Bertz CT molecular complexity index is 807. The second kappa shape index (κ2) is 10.9. The number of benzene rings is 1. The lowest BCUT2D eigenvalue weighted by Gasteiger charge is -2.13. The number of urea groups is 1. The molecule has 0 spiro atoms. The molecule has 0 radical (unpaired) electrons. The van der Waals surface area contributed by atoms with Gasteiger partial charge in [0, 0.05) is 16.6 Å². The fraction of sp³-hybridized carbons (Fsp3) is 0.316. The van der Waals surface area contributed by atoms with E-state index in [1.54, 1.807) is 24.3 Å². The Balaban J connectivity index is 1.81. The summed E-state index contributed by atoms with van der Waals surface area (Å²) in [6.45, 7) is 4.07. The van der Waals surface area contributed by atoms with E-state index in [1.807, 2.05) is 25.3 Å². The van der Waals surface area contributed by atoms with Gasteiger partial charge in [0.15, 0.2) is 18.1 Å². The maximum absolute atomic E-state index is 11.9. The molecule has 2 N–H and O–H groups in total. The molecule has 1 heterocycles. The van der Waals surface area contributed by atoms with E-state index in [9.17, 15) is 14.4 Å². The minimum atomic E-state index is -0.745. The summed E-state index contributed by atoms with van der Waals surface area (Å²) < 4.78 is 15.8. The topological polar surface area (TPSA) is 103 Å². The van der Waals surface area contributed by atoms with Crippen molar-refractivity contribution in [2.24, 2.45) is 0 Å². The molecule has 150 valence electrons. The number of anilines is 1. The SMILES string of the molecule is CCOc1ccc(NC(=O)NC(=O)COC(=O)Cc2cccs2)cc1OCC. The standard InChI is InChI=1S/C19H22N2O6S/c1-3-25-15-8-7-13(10-16(15)26-4-2)20-19(24)21-17(22)12-27-18(23)11-14-6-5-9-28-14/h5-10H,3-4,11-12H2,1-2H3,(H2,20,21,22,24). The third-order valence-electron chi connectivity index (χ3n) is 3.32. The van der Waals surface area contributed by atoms with E-state index in [4.69, 9.17) is 14.2 Å². The summed E-state index contributed by atoms with van der Waals surface area (Å²) in [6.07, 6.45) is 0.0868. The first-order valence-electron chi connectivity index (χ1n) is 8.70. The van der Waals surface area contributed by atoms with E-state index in [0.29, 0.717) is 30.4 Å². The molecule has 0 aliphatic carbocycles. The average molecular weight is 406 g/mol. The minimum absolute atomic E-state index is 0.0868. The van der Waals surface area contributed by atoms with Crippen LogP contribution in [0.1, 0.15) is 18.7 Å². The predicted octanol–water partition coefficient (Wildman–Crippen LogP) is 2.98. The van der Waals surface area contributed by atoms with Gasteiger partial charge in [-0.05, 0) is 37.4 Å². The lowest BCUT2D eigenvalue weighted by Crippen LogP contribution is -2.37. The van der Waals surface area contributed by atoms with Crippen molar-refractivity contribution in [3.8, 4) is 11.5 Å². The number of hydrogen-bond donors (Lipinski definition) is 2. The van der Waals surface area contributed by atoms with E-state index in [1.165, 1.54) is 11.3 Å². The first kappa shape index (κ1) is 21.2. The molecular weight excluding hydrogens is 384 g/mol. The molecule has 8 nitrogen and oxygen atoms in total. The van der Waals surface area contributed by atoms with Crippen molar-refractivity contribution in [3.05, 3.63) is 40.6 Å². The highest BCUT2D eigenvalue weighted by Gasteiger charge is 2.13. The van der Waals surface area contributed by atoms with E-state index < -0.39 is 24.5 Å². The van der Waals surface area contributed by atoms with Crippen LogP contribution in [0.4, 0.5) is 10.5 Å². The summed E-state index contributed by atoms with van der Waals surface area (Å²) in [7, 11) is 0. The number of ether oxygens (including phenoxy) is 3. The molecule has 0 saturated heterocycles. The van der Waals surface area contributed by atoms with Crippen molar-refractivity contribution in [1.29, 1.82) is 0 Å². The van der Waals surface area contributed by atoms with E-state index in [0.717, 1.165) is 4.88 Å². The minimum Gasteiger partial charge on any atom is -0.490 e. The van der Waals surface area contributed by atoms with Crippen LogP contribution in [0.25, 0.3) is 0 Å². The maximum Gasteiger partial charge on any atom is 0.325 e. The van der Waals surface area contributed by atoms with Gasteiger partial charge < -0.3 is 19.5 Å². The first-order chi connectivity index (χ1) is 13.5. The van der Waals surface area contributed by atoms with E-state index in [-0.39, 0.29) is 6.42 Å². The van der Waals surface area contributed by atoms with Crippen molar-refractivity contribution in [2.75, 3.05) is 25.1 Å². The van der Waals surface area contributed by atoms with Gasteiger partial charge in [0.2, 0.25) is 0 Å². The second-order valence-corrected chi connectivity index (χ2v) is 6.48. The summed E-state index contributed by atoms with van der Waals surface area (Å²) in [5.41, 5.74) is 0.423. The van der Waals surface area contributed by atoms with Crippen LogP contribution >= 0.6 is 11.3 Å². The lowest BCUT2D eigenvalue weighted by molar-refractivity contribution is -0.147. The number of amides is 3. The smallest absolute Gasteiger partial charge is 0.325 e. The number of hydrogen-bond acceptors (Lipinski definition) is 7. The summed E-state index contributed by atoms with van der Waals surface area (Å²) in [5.74, 6) is -0.223. The van der Waals surface area contributed by atoms with Gasteiger partial charge in [0.05, 0.1) is 19.6 Å². The zero-order valence-electron chi connectivity index (χ0n) is 15.7. The molecule has 9 heteroatoms. The van der Waals surface area contributed by atoms with Crippen LogP contribution in [0.2, 0.25) is 0 Å². The van der Waals surface area contributed by atoms with Crippen molar-refractivity contribution < 1.29 is 28.6 Å². The highest BCUT2D eigenvalue weighted by molar-refractivity contribution is 7.10. The normalized spacial score (nSPS) is 10.1. The third-order valence-corrected chi connectivity index (χ3v) is 4.19. The van der Waals surface area contributed by atoms with Crippen molar-refractivity contribution in [1.82, 2.24) is 5.32 Å². The molecule has 0 aliphatic rings. The monoisotopic (exact) mass is 406 g/mol. The highest BCUT2D eigenvalue weighted by atomic mass is 32.1. The molecule has 0 fully saturated rings. The Hall–Kier alpha value is -3.07. The number of nitrogens with one attached hydrogen (secondary N) is 2. The fourth-order valence-corrected chi connectivity index (χ4v) is 2.90. The predicted molar refractivity (Wildman–Crippen MR) is 105 cm³/mol. The molecule has 2 aromatic rings. The number of imide groups is 1. The summed E-state index contributed by atoms with van der Waals surface area (Å²) in [6, 6.07) is 7.76. The lowest BCUT2D eigenvalue weighted by atomic mass is 10.2. The fourth-order valence-electron chi connectivity index (χ4n) is 2.21. The number of esters is 1. The number of rotatable bonds is 9. The van der Waals surface area contributed by atoms with Gasteiger partial charge in [-0.25, -0.2) is 4.79 Å². The molecule has 3 amide bonds. The second-order valence-electron chi connectivity index (χ2n) is 5.45. The summed E-state index contributed by atoms with van der Waals surface area (Å²) in [4.78, 5) is 36.2. The van der Waals surface area contributed by atoms with Gasteiger partial charge in [0.1, 0.15) is 0 Å². The molecule has 0 saturated carbocycles. The van der Waals surface area contributed by atoms with Crippen molar-refractivity contribution in [3.63, 3.8) is 0 Å². The molecule has 28 heavy (non-hydrogen) atoms. The van der Waals surface area contributed by atoms with Gasteiger partial charge in [-0.15, -0.1) is 11.3 Å². The summed E-state index contributed by atoms with van der Waals surface area (Å²) in [5, 5.41) is 6.46. The summed E-state index contributed by atoms with van der Waals surface area (Å²) >= 11 is 1.42. The zero-order chi connectivity index (χ0) is 20.4. The quantitative estimate of drug-likeness (QED) is 0.621. The Kier molecular flexibility index (Phi) is 8.29. The van der Waals surface area contributed by atoms with Crippen molar-refractivity contribution in [2.45, 2.75) is 20.3 Å². The highest BCUT2D eigenvalue weighted by Crippen LogP contribution is 2.30. The van der Waals surface area contributed by atoms with Crippen LogP contribution in [0.5, 0.6) is 11.5 Å². The van der Waals surface area contributed by atoms with Gasteiger partial charge >= 0.3 is 12.0 Å². The Morgan fingerprint density at radius 3 is 2.46 bits per heavy atom. The average Bonchev–Trinajstić information content (AvgIpc) is 3.15. The largest absolute Gasteiger partial charge is 0.490 e. The molecule has 2 rings (SSSR count). The molecule has 0 unspecified atom stereocenters. The zero-order valence-corrected chi connectivity index (χ0v) is 16.5. The Labute approximate surface area is 166 Å². The number of thiophene rings is 1. The molecular formula is C19H22N2O6S. The maximum atomic E-state index is 11.9. The Morgan fingerprint density at radius 1 is 1.04 bits per heavy atom. The molecule has 0 aliphatic heterocycles. The van der Waals surface area contributed by atoms with Gasteiger partial charge in [-0.3, -0.25) is 14.9 Å². The van der Waals surface area contributed by atoms with Crippen molar-refractivity contribution >= 4 is 34.9 Å². The number of carbonyl (C=O) groups is 3. The molecule has 1 aromatic heterocycles. The van der Waals surface area contributed by atoms with Crippen LogP contribution in [-0.4, -0.2) is 37.7 Å². The van der Waals surface area contributed by atoms with Crippen LogP contribution in [0.15, 0.2) is 35.7 Å². The Morgan fingerprint density at radius 2 is 1.79 bits per heavy atom. The van der Waals surface area contributed by atoms with Crippen LogP contribution in [0, 0.1) is 0 Å². The van der Waals surface area contributed by atoms with Gasteiger partial charge in [-0.1, -0.05) is 6.07 Å². The van der Waals surface area contributed by atoms with Crippen LogP contribution in [-0.2, 0) is 20.7 Å². The molecule has 1 aromatic carbocycles. The molecule has 0 atom stereocenters.